The molecular weight excluding hydrogens is 264 g/mol. The Balaban J connectivity index is 1.66. The first-order chi connectivity index (χ1) is 10.1. The second-order valence-corrected chi connectivity index (χ2v) is 6.66. The summed E-state index contributed by atoms with van der Waals surface area (Å²) in [4.78, 5) is 6.89. The van der Waals surface area contributed by atoms with Crippen molar-refractivity contribution in [2.75, 3.05) is 46.4 Å². The Labute approximate surface area is 129 Å². The fourth-order valence-corrected chi connectivity index (χ4v) is 3.31. The highest BCUT2D eigenvalue weighted by Gasteiger charge is 2.29. The fraction of sp³-hybridized carbons (Fsp3) is 0.938. The molecule has 0 bridgehead atoms. The Bertz CT molecular complexity index is 339. The minimum atomic E-state index is -0.0249. The van der Waals surface area contributed by atoms with Gasteiger partial charge < -0.3 is 20.3 Å². The van der Waals surface area contributed by atoms with E-state index < -0.39 is 0 Å². The number of rotatable bonds is 6. The van der Waals surface area contributed by atoms with Crippen molar-refractivity contribution >= 4 is 5.96 Å². The van der Waals surface area contributed by atoms with Crippen LogP contribution in [0, 0.1) is 5.92 Å². The van der Waals surface area contributed by atoms with Crippen molar-refractivity contribution in [3.8, 4) is 0 Å². The Morgan fingerprint density at radius 1 is 1.43 bits per heavy atom. The maximum absolute atomic E-state index is 5.80. The van der Waals surface area contributed by atoms with Gasteiger partial charge in [0.2, 0.25) is 0 Å². The van der Waals surface area contributed by atoms with Crippen molar-refractivity contribution in [3.63, 3.8) is 0 Å². The van der Waals surface area contributed by atoms with E-state index in [1.54, 1.807) is 0 Å². The van der Waals surface area contributed by atoms with Gasteiger partial charge in [0.1, 0.15) is 0 Å². The molecule has 2 saturated heterocycles. The zero-order valence-corrected chi connectivity index (χ0v) is 14.0. The monoisotopic (exact) mass is 296 g/mol. The summed E-state index contributed by atoms with van der Waals surface area (Å²) in [5.41, 5.74) is -0.0249. The lowest BCUT2D eigenvalue weighted by Gasteiger charge is -2.25. The molecular formula is C16H32N4O. The lowest BCUT2D eigenvalue weighted by Crippen LogP contribution is -2.46. The minimum Gasteiger partial charge on any atom is -0.373 e. The van der Waals surface area contributed by atoms with Crippen LogP contribution in [0.3, 0.4) is 0 Å². The zero-order chi connectivity index (χ0) is 15.1. The van der Waals surface area contributed by atoms with E-state index in [1.807, 2.05) is 7.05 Å². The SMILES string of the molecule is CCCN1CCC(CNC(=NC)NCC2(C)CCCO2)C1. The maximum Gasteiger partial charge on any atom is 0.191 e. The summed E-state index contributed by atoms with van der Waals surface area (Å²) >= 11 is 0. The molecule has 2 heterocycles. The molecule has 0 spiro atoms. The van der Waals surface area contributed by atoms with E-state index in [1.165, 1.54) is 38.9 Å². The molecule has 122 valence electrons. The van der Waals surface area contributed by atoms with Crippen LogP contribution >= 0.6 is 0 Å². The summed E-state index contributed by atoms with van der Waals surface area (Å²) in [6.45, 7) is 10.9. The van der Waals surface area contributed by atoms with E-state index in [2.05, 4.69) is 34.4 Å². The maximum atomic E-state index is 5.80. The average molecular weight is 296 g/mol. The first-order valence-electron chi connectivity index (χ1n) is 8.46. The Morgan fingerprint density at radius 2 is 2.29 bits per heavy atom. The van der Waals surface area contributed by atoms with Crippen LogP contribution in [0.1, 0.15) is 39.5 Å². The molecule has 2 aliphatic heterocycles. The molecule has 2 atom stereocenters. The Kier molecular flexibility index (Phi) is 6.30. The smallest absolute Gasteiger partial charge is 0.191 e. The zero-order valence-electron chi connectivity index (χ0n) is 14.0. The van der Waals surface area contributed by atoms with Crippen molar-refractivity contribution < 1.29 is 4.74 Å². The van der Waals surface area contributed by atoms with Crippen molar-refractivity contribution in [1.29, 1.82) is 0 Å². The standard InChI is InChI=1S/C16H32N4O/c1-4-8-20-9-6-14(12-20)11-18-15(17-3)19-13-16(2)7-5-10-21-16/h14H,4-13H2,1-3H3,(H2,17,18,19). The third-order valence-corrected chi connectivity index (χ3v) is 4.62. The summed E-state index contributed by atoms with van der Waals surface area (Å²) in [5, 5.41) is 6.88. The van der Waals surface area contributed by atoms with Crippen molar-refractivity contribution in [1.82, 2.24) is 15.5 Å². The summed E-state index contributed by atoms with van der Waals surface area (Å²) in [6.07, 6.45) is 4.85. The normalized spacial score (nSPS) is 30.8. The van der Waals surface area contributed by atoms with Crippen LogP contribution in [-0.2, 0) is 4.74 Å². The van der Waals surface area contributed by atoms with Gasteiger partial charge in [-0.25, -0.2) is 0 Å². The van der Waals surface area contributed by atoms with E-state index in [0.717, 1.165) is 38.0 Å². The van der Waals surface area contributed by atoms with Gasteiger partial charge in [0, 0.05) is 33.3 Å². The average Bonchev–Trinajstić information content (AvgIpc) is 3.09. The topological polar surface area (TPSA) is 48.9 Å². The van der Waals surface area contributed by atoms with Gasteiger partial charge in [0.05, 0.1) is 5.60 Å². The van der Waals surface area contributed by atoms with Crippen LogP contribution in [0.2, 0.25) is 0 Å². The predicted octanol–water partition coefficient (Wildman–Crippen LogP) is 1.45. The highest BCUT2D eigenvalue weighted by Crippen LogP contribution is 2.23. The lowest BCUT2D eigenvalue weighted by atomic mass is 10.0. The number of ether oxygens (including phenoxy) is 1. The number of nitrogens with one attached hydrogen (secondary N) is 2. The molecule has 0 aliphatic carbocycles. The quantitative estimate of drug-likeness (QED) is 0.575. The van der Waals surface area contributed by atoms with E-state index in [0.29, 0.717) is 0 Å². The van der Waals surface area contributed by atoms with Crippen molar-refractivity contribution in [2.24, 2.45) is 10.9 Å². The first kappa shape index (κ1) is 16.6. The highest BCUT2D eigenvalue weighted by atomic mass is 16.5. The van der Waals surface area contributed by atoms with Crippen molar-refractivity contribution in [2.45, 2.75) is 45.1 Å². The van der Waals surface area contributed by atoms with Gasteiger partial charge in [-0.2, -0.15) is 0 Å². The molecule has 0 aromatic heterocycles. The number of hydrogen-bond acceptors (Lipinski definition) is 3. The van der Waals surface area contributed by atoms with Gasteiger partial charge in [-0.3, -0.25) is 4.99 Å². The van der Waals surface area contributed by atoms with Crippen LogP contribution < -0.4 is 10.6 Å². The molecule has 0 saturated carbocycles. The lowest BCUT2D eigenvalue weighted by molar-refractivity contribution is 0.0243. The third kappa shape index (κ3) is 5.15. The third-order valence-electron chi connectivity index (χ3n) is 4.62. The van der Waals surface area contributed by atoms with Crippen LogP contribution in [0.4, 0.5) is 0 Å². The molecule has 5 heteroatoms. The molecule has 0 aromatic rings. The Morgan fingerprint density at radius 3 is 2.95 bits per heavy atom. The number of nitrogens with zero attached hydrogens (tertiary/aromatic N) is 2. The first-order valence-corrected chi connectivity index (χ1v) is 8.46. The summed E-state index contributed by atoms with van der Waals surface area (Å²) in [5.74, 6) is 1.65. The molecule has 2 N–H and O–H groups in total. The second-order valence-electron chi connectivity index (χ2n) is 6.66. The number of aliphatic imine (C=N–C) groups is 1. The Hall–Kier alpha value is -0.810. The second kappa shape index (κ2) is 7.99. The van der Waals surface area contributed by atoms with Crippen LogP contribution in [-0.4, -0.2) is 62.8 Å². The molecule has 2 unspecified atom stereocenters. The molecule has 5 nitrogen and oxygen atoms in total. The van der Waals surface area contributed by atoms with Gasteiger partial charge >= 0.3 is 0 Å². The minimum absolute atomic E-state index is 0.0249. The summed E-state index contributed by atoms with van der Waals surface area (Å²) in [7, 11) is 1.84. The van der Waals surface area contributed by atoms with E-state index >= 15 is 0 Å². The molecule has 2 fully saturated rings. The van der Waals surface area contributed by atoms with E-state index in [9.17, 15) is 0 Å². The van der Waals surface area contributed by atoms with Crippen LogP contribution in [0.5, 0.6) is 0 Å². The van der Waals surface area contributed by atoms with Gasteiger partial charge in [-0.15, -0.1) is 0 Å². The molecule has 0 aromatic carbocycles. The molecule has 2 aliphatic rings. The van der Waals surface area contributed by atoms with E-state index in [4.69, 9.17) is 4.74 Å². The molecule has 2 rings (SSSR count). The van der Waals surface area contributed by atoms with Crippen LogP contribution in [0.25, 0.3) is 0 Å². The van der Waals surface area contributed by atoms with E-state index in [-0.39, 0.29) is 5.60 Å². The van der Waals surface area contributed by atoms with Gasteiger partial charge in [0.25, 0.3) is 0 Å². The largest absolute Gasteiger partial charge is 0.373 e. The van der Waals surface area contributed by atoms with Gasteiger partial charge in [0.15, 0.2) is 5.96 Å². The fourth-order valence-electron chi connectivity index (χ4n) is 3.31. The molecule has 0 radical (unpaired) electrons. The molecule has 0 amide bonds. The summed E-state index contributed by atoms with van der Waals surface area (Å²) < 4.78 is 5.80. The van der Waals surface area contributed by atoms with Crippen LogP contribution in [0.15, 0.2) is 4.99 Å². The van der Waals surface area contributed by atoms with Crippen molar-refractivity contribution in [3.05, 3.63) is 0 Å². The number of likely N-dealkylation sites (tertiary alicyclic amines) is 1. The highest BCUT2D eigenvalue weighted by molar-refractivity contribution is 5.79. The van der Waals surface area contributed by atoms with Gasteiger partial charge in [-0.05, 0) is 51.6 Å². The number of guanidine groups is 1. The predicted molar refractivity (Wildman–Crippen MR) is 87.8 cm³/mol. The number of hydrogen-bond donors (Lipinski definition) is 2. The molecule has 21 heavy (non-hydrogen) atoms. The van der Waals surface area contributed by atoms with Gasteiger partial charge in [-0.1, -0.05) is 6.92 Å². The summed E-state index contributed by atoms with van der Waals surface area (Å²) in [6, 6.07) is 0.